The van der Waals surface area contributed by atoms with Gasteiger partial charge in [-0.25, -0.2) is 9.59 Å². The fourth-order valence-electron chi connectivity index (χ4n) is 4.52. The number of phenols is 1. The van der Waals surface area contributed by atoms with E-state index < -0.39 is 24.3 Å². The van der Waals surface area contributed by atoms with Gasteiger partial charge in [-0.1, -0.05) is 23.2 Å². The number of β-amino-alcohol motifs (C(OH)–C–C–N with tert-alkyl or cyclic N) is 1. The van der Waals surface area contributed by atoms with Crippen molar-refractivity contribution in [3.63, 3.8) is 0 Å². The molecule has 0 spiro atoms. The summed E-state index contributed by atoms with van der Waals surface area (Å²) >= 11 is 11.9. The number of hydrogen-bond acceptors (Lipinski definition) is 7. The van der Waals surface area contributed by atoms with Gasteiger partial charge in [0.25, 0.3) is 5.91 Å². The van der Waals surface area contributed by atoms with E-state index in [9.17, 15) is 33.0 Å². The van der Waals surface area contributed by atoms with Crippen molar-refractivity contribution < 1.29 is 42.9 Å². The number of carboxylic acid groups (broad SMARTS) is 1. The topological polar surface area (TPSA) is 168 Å². The lowest BCUT2D eigenvalue weighted by atomic mass is 10.0. The minimum atomic E-state index is -5.08. The average Bonchev–Trinajstić information content (AvgIpc) is 3.25. The van der Waals surface area contributed by atoms with Crippen LogP contribution in [-0.2, 0) is 4.79 Å². The molecule has 2 atom stereocenters. The van der Waals surface area contributed by atoms with Crippen molar-refractivity contribution in [1.82, 2.24) is 10.2 Å². The molecule has 0 saturated carbocycles. The lowest BCUT2D eigenvalue weighted by molar-refractivity contribution is -0.192. The van der Waals surface area contributed by atoms with Crippen LogP contribution in [0.4, 0.5) is 29.3 Å². The molecule has 0 radical (unpaired) electrons. The highest BCUT2D eigenvalue weighted by Gasteiger charge is 2.38. The number of nitrogens with one attached hydrogen (secondary N) is 2. The van der Waals surface area contributed by atoms with E-state index in [1.165, 1.54) is 12.1 Å². The zero-order valence-corrected chi connectivity index (χ0v) is 22.9. The number of aliphatic hydroxyl groups is 1. The molecule has 2 aliphatic rings. The third-order valence-corrected chi connectivity index (χ3v) is 7.07. The number of nitrogens with two attached hydrogens (primary N) is 1. The van der Waals surface area contributed by atoms with Crippen molar-refractivity contribution in [1.29, 1.82) is 0 Å². The predicted octanol–water partition coefficient (Wildman–Crippen LogP) is 3.27. The molecule has 11 nitrogen and oxygen atoms in total. The number of amides is 3. The van der Waals surface area contributed by atoms with Gasteiger partial charge in [-0.05, 0) is 43.2 Å². The van der Waals surface area contributed by atoms with Crippen molar-refractivity contribution in [2.45, 2.75) is 37.2 Å². The van der Waals surface area contributed by atoms with Gasteiger partial charge in [0, 0.05) is 48.9 Å². The number of alkyl halides is 3. The molecule has 16 heteroatoms. The number of benzene rings is 2. The van der Waals surface area contributed by atoms with Gasteiger partial charge in [0.05, 0.1) is 28.5 Å². The van der Waals surface area contributed by atoms with Gasteiger partial charge in [-0.15, -0.1) is 0 Å². The molecule has 0 unspecified atom stereocenters. The van der Waals surface area contributed by atoms with E-state index in [-0.39, 0.29) is 28.8 Å². The Morgan fingerprint density at radius 3 is 2.15 bits per heavy atom. The summed E-state index contributed by atoms with van der Waals surface area (Å²) in [4.78, 5) is 36.7. The number of nitrogens with zero attached hydrogens (tertiary/aromatic N) is 2. The monoisotopic (exact) mass is 621 g/mol. The Morgan fingerprint density at radius 2 is 1.61 bits per heavy atom. The molecule has 7 N–H and O–H groups in total. The van der Waals surface area contributed by atoms with E-state index in [0.717, 1.165) is 12.8 Å². The normalized spacial score (nSPS) is 19.4. The second-order valence-electron chi connectivity index (χ2n) is 9.43. The minimum absolute atomic E-state index is 0.0146. The van der Waals surface area contributed by atoms with Crippen LogP contribution in [0.15, 0.2) is 36.4 Å². The molecule has 2 aliphatic heterocycles. The second kappa shape index (κ2) is 13.5. The second-order valence-corrected chi connectivity index (χ2v) is 10.3. The first-order chi connectivity index (χ1) is 19.1. The van der Waals surface area contributed by atoms with E-state index in [2.05, 4.69) is 10.6 Å². The summed E-state index contributed by atoms with van der Waals surface area (Å²) in [7, 11) is 0. The zero-order chi connectivity index (χ0) is 30.5. The fourth-order valence-corrected chi connectivity index (χ4v) is 4.81. The van der Waals surface area contributed by atoms with Gasteiger partial charge in [-0.3, -0.25) is 4.79 Å². The molecule has 41 heavy (non-hydrogen) atoms. The summed E-state index contributed by atoms with van der Waals surface area (Å²) in [5, 5.41) is 34.6. The number of halogens is 5. The minimum Gasteiger partial charge on any atom is -0.506 e. The van der Waals surface area contributed by atoms with Crippen molar-refractivity contribution in [3.05, 3.63) is 52.0 Å². The number of carbonyl (C=O) groups is 3. The number of aliphatic hydroxyl groups excluding tert-OH is 1. The molecule has 0 bridgehead atoms. The van der Waals surface area contributed by atoms with E-state index in [1.54, 1.807) is 24.3 Å². The van der Waals surface area contributed by atoms with Crippen LogP contribution < -0.4 is 21.3 Å². The largest absolute Gasteiger partial charge is 0.506 e. The smallest absolute Gasteiger partial charge is 0.490 e. The zero-order valence-electron chi connectivity index (χ0n) is 21.4. The fraction of sp³-hybridized carbons (Fsp3) is 0.400. The lowest BCUT2D eigenvalue weighted by Gasteiger charge is -2.34. The summed E-state index contributed by atoms with van der Waals surface area (Å²) < 4.78 is 31.7. The maximum atomic E-state index is 12.7. The number of carbonyl (C=O) groups excluding carboxylic acids is 2. The highest BCUT2D eigenvalue weighted by atomic mass is 35.5. The number of carboxylic acids is 1. The SMILES string of the molecule is NC(=O)Nc1cc(Cl)c(O)cc1N1C[C@H](NC2CCN(C(=O)c3ccc(Cl)cc3)CC2)[C@@H](O)C1.O=C(O)C(F)(F)F. The van der Waals surface area contributed by atoms with Gasteiger partial charge in [-0.2, -0.15) is 13.2 Å². The molecule has 2 aromatic carbocycles. The van der Waals surface area contributed by atoms with E-state index in [4.69, 9.17) is 38.8 Å². The molecular formula is C25H28Cl2F3N5O6. The van der Waals surface area contributed by atoms with Gasteiger partial charge >= 0.3 is 18.2 Å². The molecule has 2 fully saturated rings. The van der Waals surface area contributed by atoms with Crippen LogP contribution in [0.1, 0.15) is 23.2 Å². The van der Waals surface area contributed by atoms with Crippen LogP contribution in [0, 0.1) is 0 Å². The van der Waals surface area contributed by atoms with Crippen LogP contribution in [0.2, 0.25) is 10.0 Å². The van der Waals surface area contributed by atoms with Crippen LogP contribution in [-0.4, -0.2) is 88.7 Å². The Kier molecular flexibility index (Phi) is 10.5. The maximum Gasteiger partial charge on any atom is 0.490 e. The Hall–Kier alpha value is -3.46. The molecule has 0 aromatic heterocycles. The Balaban J connectivity index is 0.000000587. The lowest BCUT2D eigenvalue weighted by Crippen LogP contribution is -2.50. The van der Waals surface area contributed by atoms with Crippen LogP contribution in [0.5, 0.6) is 5.75 Å². The summed E-state index contributed by atoms with van der Waals surface area (Å²) in [6.07, 6.45) is -4.22. The highest BCUT2D eigenvalue weighted by molar-refractivity contribution is 6.32. The Labute approximate surface area is 242 Å². The molecule has 3 amide bonds. The summed E-state index contributed by atoms with van der Waals surface area (Å²) in [6, 6.07) is 8.93. The molecular weight excluding hydrogens is 594 g/mol. The number of anilines is 2. The number of phenolic OH excluding ortho intramolecular Hbond substituents is 1. The summed E-state index contributed by atoms with van der Waals surface area (Å²) in [5.41, 5.74) is 6.76. The maximum absolute atomic E-state index is 12.7. The molecule has 2 aromatic rings. The third kappa shape index (κ3) is 8.76. The van der Waals surface area contributed by atoms with Crippen LogP contribution in [0.25, 0.3) is 0 Å². The van der Waals surface area contributed by atoms with Crippen molar-refractivity contribution in [3.8, 4) is 5.75 Å². The number of likely N-dealkylation sites (tertiary alicyclic amines) is 1. The Morgan fingerprint density at radius 1 is 1.02 bits per heavy atom. The quantitative estimate of drug-likeness (QED) is 0.276. The molecule has 224 valence electrons. The third-order valence-electron chi connectivity index (χ3n) is 6.52. The molecule has 4 rings (SSSR count). The number of urea groups is 1. The van der Waals surface area contributed by atoms with E-state index in [0.29, 0.717) is 48.1 Å². The standard InChI is InChI=1S/C23H27Cl2N5O4.C2HF3O2/c24-14-3-1-13(2-4-14)22(33)29-7-5-15(6-8-29)27-18-11-30(12-21(18)32)19-10-20(31)16(25)9-17(19)28-23(26)34;3-2(4,5)1(6)7/h1-4,9-10,15,18,21,27,31-32H,5-8,11-12H2,(H3,26,28,34);(H,6,7)/t18-,21-;/m0./s1. The first-order valence-electron chi connectivity index (χ1n) is 12.3. The summed E-state index contributed by atoms with van der Waals surface area (Å²) in [5.74, 6) is -2.90. The van der Waals surface area contributed by atoms with Crippen LogP contribution in [0.3, 0.4) is 0 Å². The first kappa shape index (κ1) is 32.1. The number of hydrogen-bond donors (Lipinski definition) is 6. The predicted molar refractivity (Wildman–Crippen MR) is 146 cm³/mol. The molecule has 2 heterocycles. The number of rotatable bonds is 5. The van der Waals surface area contributed by atoms with Crippen molar-refractivity contribution in [2.75, 3.05) is 36.4 Å². The highest BCUT2D eigenvalue weighted by Crippen LogP contribution is 2.37. The molecule has 2 saturated heterocycles. The number of aromatic hydroxyl groups is 1. The molecule has 0 aliphatic carbocycles. The first-order valence-corrected chi connectivity index (χ1v) is 13.0. The van der Waals surface area contributed by atoms with Gasteiger partial charge in [0.2, 0.25) is 0 Å². The van der Waals surface area contributed by atoms with E-state index in [1.807, 2.05) is 9.80 Å². The Bertz CT molecular complexity index is 1260. The van der Waals surface area contributed by atoms with Gasteiger partial charge in [0.15, 0.2) is 0 Å². The average molecular weight is 622 g/mol. The van der Waals surface area contributed by atoms with Gasteiger partial charge in [0.1, 0.15) is 5.75 Å². The van der Waals surface area contributed by atoms with Crippen molar-refractivity contribution in [2.24, 2.45) is 5.73 Å². The number of piperidine rings is 1. The van der Waals surface area contributed by atoms with E-state index >= 15 is 0 Å². The van der Waals surface area contributed by atoms with Gasteiger partial charge < -0.3 is 41.5 Å². The summed E-state index contributed by atoms with van der Waals surface area (Å²) in [6.45, 7) is 1.99. The van der Waals surface area contributed by atoms with Crippen molar-refractivity contribution >= 4 is 52.5 Å². The number of primary amides is 1. The number of aliphatic carboxylic acids is 1. The van der Waals surface area contributed by atoms with Crippen LogP contribution >= 0.6 is 23.2 Å².